The van der Waals surface area contributed by atoms with E-state index >= 15 is 0 Å². The molecular weight excluding hydrogens is 392 g/mol. The number of carbonyl (C=O) groups is 3. The Balaban J connectivity index is 1.48. The van der Waals surface area contributed by atoms with Crippen molar-refractivity contribution in [2.24, 2.45) is 0 Å². The average molecular weight is 411 g/mol. The number of aromatic amines is 1. The van der Waals surface area contributed by atoms with Gasteiger partial charge in [0.2, 0.25) is 0 Å². The van der Waals surface area contributed by atoms with Crippen LogP contribution in [0.15, 0.2) is 48.8 Å². The normalized spacial score (nSPS) is 16.8. The molecule has 3 aromatic rings. The van der Waals surface area contributed by atoms with Crippen molar-refractivity contribution >= 4 is 40.2 Å². The molecule has 1 N–H and O–H groups in total. The quantitative estimate of drug-likeness (QED) is 0.531. The van der Waals surface area contributed by atoms with Crippen LogP contribution in [0.3, 0.4) is 0 Å². The van der Waals surface area contributed by atoms with Gasteiger partial charge in [-0.25, -0.2) is 0 Å². The first-order chi connectivity index (χ1) is 14.0. The fourth-order valence-electron chi connectivity index (χ4n) is 3.61. The number of nitrogens with zero attached hydrogens (tertiary/aromatic N) is 3. The van der Waals surface area contributed by atoms with Crippen molar-refractivity contribution in [1.29, 1.82) is 0 Å². The molecule has 1 saturated heterocycles. The number of hydrogen-bond acceptors (Lipinski definition) is 4. The number of rotatable bonds is 3. The molecule has 0 bridgehead atoms. The van der Waals surface area contributed by atoms with Crippen LogP contribution >= 0.6 is 11.6 Å². The second kappa shape index (κ2) is 7.67. The van der Waals surface area contributed by atoms with Gasteiger partial charge in [0.15, 0.2) is 0 Å². The van der Waals surface area contributed by atoms with Gasteiger partial charge in [0, 0.05) is 43.6 Å². The Hall–Kier alpha value is -3.19. The minimum atomic E-state index is -0.638. The minimum absolute atomic E-state index is 0.0769. The zero-order chi connectivity index (χ0) is 20.5. The van der Waals surface area contributed by atoms with E-state index in [1.165, 1.54) is 17.3 Å². The monoisotopic (exact) mass is 410 g/mol. The highest BCUT2D eigenvalue weighted by molar-refractivity contribution is 6.45. The summed E-state index contributed by atoms with van der Waals surface area (Å²) in [4.78, 5) is 48.6. The SMILES string of the molecule is C[C@@H]1CN(C(=O)C(=O)c2c[nH]c3c(Cl)ccnc23)CCN1C(=O)c1ccccc1. The number of H-pyrrole nitrogens is 1. The molecule has 1 aromatic carbocycles. The van der Waals surface area contributed by atoms with Crippen LogP contribution < -0.4 is 0 Å². The molecule has 4 rings (SSSR count). The molecule has 0 saturated carbocycles. The van der Waals surface area contributed by atoms with E-state index in [-0.39, 0.29) is 17.5 Å². The highest BCUT2D eigenvalue weighted by Gasteiger charge is 2.33. The lowest BCUT2D eigenvalue weighted by atomic mass is 10.1. The maximum atomic E-state index is 12.8. The number of amides is 2. The third-order valence-electron chi connectivity index (χ3n) is 5.15. The van der Waals surface area contributed by atoms with Gasteiger partial charge in [0.1, 0.15) is 5.52 Å². The summed E-state index contributed by atoms with van der Waals surface area (Å²) in [5.74, 6) is -1.32. The van der Waals surface area contributed by atoms with E-state index in [0.29, 0.717) is 41.3 Å². The van der Waals surface area contributed by atoms with Crippen LogP contribution in [-0.2, 0) is 4.79 Å². The predicted octanol–water partition coefficient (Wildman–Crippen LogP) is 2.77. The molecule has 8 heteroatoms. The standard InChI is InChI=1S/C21H19ClN4O3/c1-13-12-25(9-10-26(13)20(28)14-5-3-2-4-6-14)21(29)19(27)15-11-24-18-16(22)7-8-23-17(15)18/h2-8,11,13,24H,9-10,12H2,1H3/t13-/m1/s1. The van der Waals surface area contributed by atoms with Crippen LogP contribution in [0.2, 0.25) is 5.02 Å². The first-order valence-corrected chi connectivity index (χ1v) is 9.66. The molecule has 7 nitrogen and oxygen atoms in total. The van der Waals surface area contributed by atoms with E-state index < -0.39 is 11.7 Å². The number of halogens is 1. The Morgan fingerprint density at radius 1 is 1.14 bits per heavy atom. The van der Waals surface area contributed by atoms with E-state index in [2.05, 4.69) is 9.97 Å². The molecule has 1 aliphatic heterocycles. The van der Waals surface area contributed by atoms with Crippen LogP contribution in [0.1, 0.15) is 27.6 Å². The largest absolute Gasteiger partial charge is 0.358 e. The van der Waals surface area contributed by atoms with Crippen LogP contribution in [0.25, 0.3) is 11.0 Å². The van der Waals surface area contributed by atoms with E-state index in [1.54, 1.807) is 23.1 Å². The van der Waals surface area contributed by atoms with Gasteiger partial charge in [-0.1, -0.05) is 29.8 Å². The molecule has 1 atom stereocenters. The molecule has 2 aromatic heterocycles. The smallest absolute Gasteiger partial charge is 0.295 e. The van der Waals surface area contributed by atoms with E-state index in [4.69, 9.17) is 11.6 Å². The van der Waals surface area contributed by atoms with Crippen molar-refractivity contribution in [1.82, 2.24) is 19.8 Å². The molecule has 148 valence electrons. The van der Waals surface area contributed by atoms with Crippen molar-refractivity contribution in [3.8, 4) is 0 Å². The second-order valence-corrected chi connectivity index (χ2v) is 7.42. The van der Waals surface area contributed by atoms with Crippen molar-refractivity contribution in [2.75, 3.05) is 19.6 Å². The fraction of sp³-hybridized carbons (Fsp3) is 0.238. The topological polar surface area (TPSA) is 86.4 Å². The number of pyridine rings is 1. The predicted molar refractivity (Wildman–Crippen MR) is 109 cm³/mol. The van der Waals surface area contributed by atoms with Crippen molar-refractivity contribution in [3.63, 3.8) is 0 Å². The number of aromatic nitrogens is 2. The summed E-state index contributed by atoms with van der Waals surface area (Å²) >= 11 is 6.10. The Labute approximate surface area is 172 Å². The van der Waals surface area contributed by atoms with Crippen LogP contribution in [0.5, 0.6) is 0 Å². The second-order valence-electron chi connectivity index (χ2n) is 7.01. The van der Waals surface area contributed by atoms with Crippen LogP contribution in [0.4, 0.5) is 0 Å². The van der Waals surface area contributed by atoms with Gasteiger partial charge in [0.25, 0.3) is 17.6 Å². The number of Topliss-reactive ketones (excluding diaryl/α,β-unsaturated/α-hetero) is 1. The molecule has 0 spiro atoms. The summed E-state index contributed by atoms with van der Waals surface area (Å²) in [6.07, 6.45) is 2.96. The van der Waals surface area contributed by atoms with Gasteiger partial charge >= 0.3 is 0 Å². The first kappa shape index (κ1) is 19.1. The average Bonchev–Trinajstić information content (AvgIpc) is 3.18. The first-order valence-electron chi connectivity index (χ1n) is 9.28. The lowest BCUT2D eigenvalue weighted by molar-refractivity contribution is -0.128. The van der Waals surface area contributed by atoms with Gasteiger partial charge in [0.05, 0.1) is 16.1 Å². The maximum Gasteiger partial charge on any atom is 0.295 e. The van der Waals surface area contributed by atoms with Gasteiger partial charge in [-0.05, 0) is 25.1 Å². The Kier molecular flexibility index (Phi) is 5.07. The fourth-order valence-corrected chi connectivity index (χ4v) is 3.82. The van der Waals surface area contributed by atoms with E-state index in [1.807, 2.05) is 25.1 Å². The summed E-state index contributed by atoms with van der Waals surface area (Å²) in [5, 5.41) is 0.433. The zero-order valence-electron chi connectivity index (χ0n) is 15.8. The maximum absolute atomic E-state index is 12.8. The molecule has 29 heavy (non-hydrogen) atoms. The van der Waals surface area contributed by atoms with E-state index in [0.717, 1.165) is 0 Å². The van der Waals surface area contributed by atoms with Gasteiger partial charge < -0.3 is 14.8 Å². The highest BCUT2D eigenvalue weighted by Crippen LogP contribution is 2.24. The summed E-state index contributed by atoms with van der Waals surface area (Å²) in [7, 11) is 0. The van der Waals surface area contributed by atoms with Crippen LogP contribution in [-0.4, -0.2) is 63.0 Å². The molecular formula is C21H19ClN4O3. The van der Waals surface area contributed by atoms with Gasteiger partial charge in [-0.3, -0.25) is 19.4 Å². The summed E-state index contributed by atoms with van der Waals surface area (Å²) in [5.41, 5.74) is 1.71. The highest BCUT2D eigenvalue weighted by atomic mass is 35.5. The Bertz CT molecular complexity index is 1100. The molecule has 0 unspecified atom stereocenters. The third kappa shape index (κ3) is 3.49. The van der Waals surface area contributed by atoms with Crippen molar-refractivity contribution < 1.29 is 14.4 Å². The van der Waals surface area contributed by atoms with Crippen molar-refractivity contribution in [2.45, 2.75) is 13.0 Å². The van der Waals surface area contributed by atoms with E-state index in [9.17, 15) is 14.4 Å². The molecule has 1 fully saturated rings. The van der Waals surface area contributed by atoms with Crippen molar-refractivity contribution in [3.05, 3.63) is 64.9 Å². The number of benzene rings is 1. The minimum Gasteiger partial charge on any atom is -0.358 e. The van der Waals surface area contributed by atoms with Gasteiger partial charge in [-0.15, -0.1) is 0 Å². The number of hydrogen-bond donors (Lipinski definition) is 1. The van der Waals surface area contributed by atoms with Gasteiger partial charge in [-0.2, -0.15) is 0 Å². The van der Waals surface area contributed by atoms with Crippen LogP contribution in [0, 0.1) is 0 Å². The summed E-state index contributed by atoms with van der Waals surface area (Å²) in [6, 6.07) is 10.4. The number of carbonyl (C=O) groups excluding carboxylic acids is 3. The molecule has 1 aliphatic rings. The molecule has 0 radical (unpaired) electrons. The third-order valence-corrected chi connectivity index (χ3v) is 5.47. The summed E-state index contributed by atoms with van der Waals surface area (Å²) in [6.45, 7) is 2.83. The lowest BCUT2D eigenvalue weighted by Gasteiger charge is -2.39. The summed E-state index contributed by atoms with van der Waals surface area (Å²) < 4.78 is 0. The number of nitrogens with one attached hydrogen (secondary N) is 1. The molecule has 2 amide bonds. The Morgan fingerprint density at radius 2 is 1.90 bits per heavy atom. The lowest BCUT2D eigenvalue weighted by Crippen LogP contribution is -2.56. The number of piperazine rings is 1. The molecule has 3 heterocycles. The Morgan fingerprint density at radius 3 is 2.62 bits per heavy atom. The zero-order valence-corrected chi connectivity index (χ0v) is 16.5. The number of ketones is 1. The number of fused-ring (bicyclic) bond motifs is 1. The molecule has 0 aliphatic carbocycles.